The van der Waals surface area contributed by atoms with Gasteiger partial charge in [0.2, 0.25) is 0 Å². The Morgan fingerprint density at radius 2 is 1.04 bits per heavy atom. The third kappa shape index (κ3) is 17.9. The molecular weight excluding hydrogens is 630 g/mol. The molecule has 0 aromatic carbocycles. The highest BCUT2D eigenvalue weighted by molar-refractivity contribution is 5.87. The SMILES string of the molecule is C=C(C)C(=O)OCCCONC1OCC(OCCCOC(=O)C(=C)C)C(OCCCOC(=O)C(=C)C)C1OCCCOC(=O)C(C)(C)C. The van der Waals surface area contributed by atoms with Gasteiger partial charge < -0.3 is 37.9 Å². The lowest BCUT2D eigenvalue weighted by atomic mass is 9.97. The minimum atomic E-state index is -0.789. The van der Waals surface area contributed by atoms with Crippen molar-refractivity contribution in [2.24, 2.45) is 5.41 Å². The minimum absolute atomic E-state index is 0.112. The van der Waals surface area contributed by atoms with Gasteiger partial charge in [0.1, 0.15) is 18.3 Å². The monoisotopic (exact) mass is 685 g/mol. The third-order valence-electron chi connectivity index (χ3n) is 6.43. The molecule has 1 aliphatic rings. The van der Waals surface area contributed by atoms with E-state index in [-0.39, 0.29) is 65.4 Å². The standard InChI is InChI=1S/C34H55NO13/c1-23(2)30(36)43-17-10-14-40-26-22-47-29(35-48-21-13-19-45-32(38)25(5)6)28(42-16-12-20-46-33(39)34(7,8)9)27(26)41-15-11-18-44-31(37)24(3)4/h26-29,35H,1,3,5,10-22H2,2,4,6-9H3. The Bertz CT molecular complexity index is 1070. The first-order valence-electron chi connectivity index (χ1n) is 16.1. The molecule has 1 N–H and O–H groups in total. The number of carbonyl (C=O) groups is 4. The van der Waals surface area contributed by atoms with Gasteiger partial charge in [-0.2, -0.15) is 5.48 Å². The second-order valence-electron chi connectivity index (χ2n) is 12.3. The third-order valence-corrected chi connectivity index (χ3v) is 6.43. The van der Waals surface area contributed by atoms with Crippen LogP contribution in [0, 0.1) is 5.41 Å². The fourth-order valence-corrected chi connectivity index (χ4v) is 3.77. The summed E-state index contributed by atoms with van der Waals surface area (Å²) in [7, 11) is 0. The second-order valence-corrected chi connectivity index (χ2v) is 12.3. The average Bonchev–Trinajstić information content (AvgIpc) is 3.02. The summed E-state index contributed by atoms with van der Waals surface area (Å²) in [6.45, 7) is 22.2. The van der Waals surface area contributed by atoms with Crippen LogP contribution in [0.4, 0.5) is 0 Å². The predicted octanol–water partition coefficient (Wildman–Crippen LogP) is 3.53. The highest BCUT2D eigenvalue weighted by Gasteiger charge is 2.43. The summed E-state index contributed by atoms with van der Waals surface area (Å²) in [6.07, 6.45) is -1.15. The molecular formula is C34H55NO13. The van der Waals surface area contributed by atoms with E-state index < -0.39 is 47.9 Å². The van der Waals surface area contributed by atoms with Gasteiger partial charge in [-0.1, -0.05) is 19.7 Å². The van der Waals surface area contributed by atoms with Crippen LogP contribution in [0.3, 0.4) is 0 Å². The molecule has 1 aliphatic heterocycles. The Morgan fingerprint density at radius 3 is 1.50 bits per heavy atom. The van der Waals surface area contributed by atoms with Gasteiger partial charge in [-0.25, -0.2) is 14.4 Å². The predicted molar refractivity (Wildman–Crippen MR) is 174 cm³/mol. The zero-order valence-corrected chi connectivity index (χ0v) is 29.4. The van der Waals surface area contributed by atoms with Gasteiger partial charge in [0.25, 0.3) is 0 Å². The van der Waals surface area contributed by atoms with Crippen LogP contribution in [0.25, 0.3) is 0 Å². The fourth-order valence-electron chi connectivity index (χ4n) is 3.77. The molecule has 0 bridgehead atoms. The van der Waals surface area contributed by atoms with E-state index in [1.807, 2.05) is 0 Å². The van der Waals surface area contributed by atoms with Crippen molar-refractivity contribution in [2.45, 2.75) is 91.8 Å². The molecule has 1 rings (SSSR count). The van der Waals surface area contributed by atoms with Gasteiger partial charge >= 0.3 is 23.9 Å². The molecule has 1 fully saturated rings. The van der Waals surface area contributed by atoms with Crippen LogP contribution < -0.4 is 5.48 Å². The Hall–Kier alpha value is -3.14. The Labute approximate surface area is 284 Å². The van der Waals surface area contributed by atoms with Crippen LogP contribution in [0.1, 0.15) is 67.2 Å². The topological polar surface area (TPSA) is 163 Å². The molecule has 1 saturated heterocycles. The number of esters is 4. The van der Waals surface area contributed by atoms with Crippen LogP contribution in [-0.2, 0) is 61.9 Å². The van der Waals surface area contributed by atoms with Crippen LogP contribution in [-0.4, -0.2) is 108 Å². The second kappa shape index (κ2) is 23.3. The summed E-state index contributed by atoms with van der Waals surface area (Å²) >= 11 is 0. The molecule has 0 aliphatic carbocycles. The first-order valence-corrected chi connectivity index (χ1v) is 16.1. The van der Waals surface area contributed by atoms with Gasteiger partial charge in [-0.3, -0.25) is 9.63 Å². The molecule has 48 heavy (non-hydrogen) atoms. The highest BCUT2D eigenvalue weighted by atomic mass is 16.7. The van der Waals surface area contributed by atoms with Crippen molar-refractivity contribution >= 4 is 23.9 Å². The van der Waals surface area contributed by atoms with E-state index >= 15 is 0 Å². The fraction of sp³-hybridized carbons (Fsp3) is 0.706. The molecule has 0 saturated carbocycles. The van der Waals surface area contributed by atoms with Crippen LogP contribution in [0.2, 0.25) is 0 Å². The Balaban J connectivity index is 2.92. The van der Waals surface area contributed by atoms with Crippen molar-refractivity contribution in [1.82, 2.24) is 5.48 Å². The molecule has 1 heterocycles. The summed E-state index contributed by atoms with van der Waals surface area (Å²) < 4.78 is 45.4. The molecule has 4 unspecified atom stereocenters. The smallest absolute Gasteiger partial charge is 0.333 e. The van der Waals surface area contributed by atoms with Gasteiger partial charge in [0.05, 0.1) is 64.9 Å². The Morgan fingerprint density at radius 1 is 0.625 bits per heavy atom. The van der Waals surface area contributed by atoms with E-state index in [4.69, 9.17) is 42.7 Å². The molecule has 4 atom stereocenters. The summed E-state index contributed by atoms with van der Waals surface area (Å²) in [5.74, 6) is -1.76. The number of rotatable bonds is 24. The van der Waals surface area contributed by atoms with Gasteiger partial charge in [-0.05, 0) is 41.5 Å². The number of nitrogens with one attached hydrogen (secondary N) is 1. The van der Waals surface area contributed by atoms with Crippen molar-refractivity contribution < 1.29 is 61.9 Å². The van der Waals surface area contributed by atoms with Crippen LogP contribution in [0.5, 0.6) is 0 Å². The van der Waals surface area contributed by atoms with Crippen LogP contribution in [0.15, 0.2) is 36.5 Å². The van der Waals surface area contributed by atoms with Crippen molar-refractivity contribution in [1.29, 1.82) is 0 Å². The van der Waals surface area contributed by atoms with Gasteiger partial charge in [0, 0.05) is 42.4 Å². The minimum Gasteiger partial charge on any atom is -0.465 e. The number of carbonyl (C=O) groups excluding carboxylic acids is 4. The van der Waals surface area contributed by atoms with Crippen molar-refractivity contribution in [3.8, 4) is 0 Å². The van der Waals surface area contributed by atoms with Crippen LogP contribution >= 0.6 is 0 Å². The summed E-state index contributed by atoms with van der Waals surface area (Å²) in [4.78, 5) is 52.8. The summed E-state index contributed by atoms with van der Waals surface area (Å²) in [6, 6.07) is 0. The average molecular weight is 686 g/mol. The van der Waals surface area contributed by atoms with Crippen molar-refractivity contribution in [3.63, 3.8) is 0 Å². The number of ether oxygens (including phenoxy) is 8. The molecule has 0 radical (unpaired) electrons. The van der Waals surface area contributed by atoms with E-state index in [0.29, 0.717) is 42.4 Å². The molecule has 14 nitrogen and oxygen atoms in total. The lowest BCUT2D eigenvalue weighted by molar-refractivity contribution is -0.259. The molecule has 274 valence electrons. The Kier molecular flexibility index (Phi) is 20.8. The van der Waals surface area contributed by atoms with E-state index in [9.17, 15) is 19.2 Å². The summed E-state index contributed by atoms with van der Waals surface area (Å²) in [5.41, 5.74) is 3.16. The molecule has 0 aromatic heterocycles. The molecule has 0 amide bonds. The number of hydroxylamine groups is 1. The normalized spacial score (nSPS) is 19.2. The highest BCUT2D eigenvalue weighted by Crippen LogP contribution is 2.24. The van der Waals surface area contributed by atoms with E-state index in [1.54, 1.807) is 41.5 Å². The first kappa shape index (κ1) is 42.9. The van der Waals surface area contributed by atoms with Crippen molar-refractivity contribution in [3.05, 3.63) is 36.5 Å². The lowest BCUT2D eigenvalue weighted by Gasteiger charge is -2.42. The molecule has 0 aromatic rings. The maximum Gasteiger partial charge on any atom is 0.333 e. The first-order chi connectivity index (χ1) is 22.6. The quantitative estimate of drug-likeness (QED) is 0.0516. The largest absolute Gasteiger partial charge is 0.465 e. The zero-order valence-electron chi connectivity index (χ0n) is 29.4. The van der Waals surface area contributed by atoms with Crippen molar-refractivity contribution in [2.75, 3.05) is 59.5 Å². The summed E-state index contributed by atoms with van der Waals surface area (Å²) in [5, 5.41) is 0. The molecule has 0 spiro atoms. The number of hydrogen-bond donors (Lipinski definition) is 1. The maximum atomic E-state index is 12.2. The number of hydrogen-bond acceptors (Lipinski definition) is 14. The maximum absolute atomic E-state index is 12.2. The zero-order chi connectivity index (χ0) is 36.1. The van der Waals surface area contributed by atoms with E-state index in [1.165, 1.54) is 0 Å². The molecule has 14 heteroatoms. The lowest BCUT2D eigenvalue weighted by Crippen LogP contribution is -2.60. The van der Waals surface area contributed by atoms with Gasteiger partial charge in [0.15, 0.2) is 6.23 Å². The van der Waals surface area contributed by atoms with E-state index in [2.05, 4.69) is 25.2 Å². The van der Waals surface area contributed by atoms with E-state index in [0.717, 1.165) is 0 Å². The van der Waals surface area contributed by atoms with Gasteiger partial charge in [-0.15, -0.1) is 0 Å².